The second-order valence-corrected chi connectivity index (χ2v) is 4.04. The molecule has 1 atom stereocenters. The molecule has 0 bridgehead atoms. The number of benzene rings is 1. The van der Waals surface area contributed by atoms with Crippen LogP contribution in [-0.4, -0.2) is 18.6 Å². The third-order valence-electron chi connectivity index (χ3n) is 2.63. The van der Waals surface area contributed by atoms with Crippen molar-refractivity contribution in [3.63, 3.8) is 0 Å². The van der Waals surface area contributed by atoms with Crippen LogP contribution in [0.4, 0.5) is 26.7 Å². The lowest BCUT2D eigenvalue weighted by molar-refractivity contribution is -0.138. The molecule has 0 unspecified atom stereocenters. The second kappa shape index (κ2) is 4.36. The van der Waals surface area contributed by atoms with Gasteiger partial charge in [0.05, 0.1) is 5.56 Å². The molecule has 2 rings (SSSR count). The molecule has 1 aliphatic heterocycles. The summed E-state index contributed by atoms with van der Waals surface area (Å²) in [5, 5.41) is 1.82. The van der Waals surface area contributed by atoms with Gasteiger partial charge in [-0.2, -0.15) is 13.2 Å². The van der Waals surface area contributed by atoms with Gasteiger partial charge < -0.3 is 10.1 Å². The van der Waals surface area contributed by atoms with Crippen molar-refractivity contribution in [2.45, 2.75) is 18.1 Å². The average Bonchev–Trinajstić information content (AvgIpc) is 2.31. The largest absolute Gasteiger partial charge is 0.443 e. The maximum Gasteiger partial charge on any atom is 0.416 e. The summed E-state index contributed by atoms with van der Waals surface area (Å²) < 4.78 is 68.7. The number of hydrogen-bond acceptors (Lipinski definition) is 2. The molecule has 0 aromatic heterocycles. The van der Waals surface area contributed by atoms with E-state index in [9.17, 15) is 26.7 Å². The molecule has 1 saturated heterocycles. The van der Waals surface area contributed by atoms with Crippen molar-refractivity contribution in [2.24, 2.45) is 0 Å². The highest BCUT2D eigenvalue weighted by atomic mass is 19.4. The Balaban J connectivity index is 2.37. The van der Waals surface area contributed by atoms with Crippen LogP contribution in [-0.2, 0) is 10.9 Å². The van der Waals surface area contributed by atoms with Crippen LogP contribution >= 0.6 is 0 Å². The smallest absolute Gasteiger partial charge is 0.416 e. The van der Waals surface area contributed by atoms with E-state index in [0.717, 1.165) is 18.2 Å². The first-order valence-corrected chi connectivity index (χ1v) is 5.18. The lowest BCUT2D eigenvalue weighted by Crippen LogP contribution is -2.49. The highest BCUT2D eigenvalue weighted by molar-refractivity contribution is 5.69. The predicted octanol–water partition coefficient (Wildman–Crippen LogP) is 3.12. The molecule has 1 heterocycles. The number of alkyl halides is 5. The summed E-state index contributed by atoms with van der Waals surface area (Å²) in [7, 11) is 0. The Morgan fingerprint density at radius 3 is 2.63 bits per heavy atom. The van der Waals surface area contributed by atoms with Crippen molar-refractivity contribution in [3.8, 4) is 0 Å². The number of nitrogens with one attached hydrogen (secondary N) is 1. The van der Waals surface area contributed by atoms with Gasteiger partial charge in [0.25, 0.3) is 0 Å². The van der Waals surface area contributed by atoms with Crippen molar-refractivity contribution in [1.29, 1.82) is 0 Å². The van der Waals surface area contributed by atoms with Gasteiger partial charge in [0.15, 0.2) is 6.61 Å². The van der Waals surface area contributed by atoms with E-state index >= 15 is 0 Å². The summed E-state index contributed by atoms with van der Waals surface area (Å²) in [6, 6.07) is 1.62. The highest BCUT2D eigenvalue weighted by Crippen LogP contribution is 2.37. The average molecular weight is 281 g/mol. The summed E-state index contributed by atoms with van der Waals surface area (Å²) >= 11 is 0. The molecular formula is C11H8F5NO2. The summed E-state index contributed by atoms with van der Waals surface area (Å²) in [6.45, 7) is -1.17. The predicted molar refractivity (Wildman–Crippen MR) is 53.6 cm³/mol. The fourth-order valence-corrected chi connectivity index (χ4v) is 1.73. The zero-order valence-electron chi connectivity index (χ0n) is 9.30. The number of amides is 1. The molecule has 0 spiro atoms. The molecule has 104 valence electrons. The van der Waals surface area contributed by atoms with Crippen LogP contribution in [0.2, 0.25) is 0 Å². The summed E-state index contributed by atoms with van der Waals surface area (Å²) in [5.74, 6) is -3.47. The Hall–Kier alpha value is -1.86. The molecule has 1 aliphatic rings. The monoisotopic (exact) mass is 281 g/mol. The molecule has 1 N–H and O–H groups in total. The molecular weight excluding hydrogens is 273 g/mol. The van der Waals surface area contributed by atoms with Crippen LogP contribution in [0, 0.1) is 0 Å². The maximum atomic E-state index is 13.5. The molecule has 1 fully saturated rings. The van der Waals surface area contributed by atoms with Crippen LogP contribution in [0.15, 0.2) is 24.3 Å². The molecule has 0 aliphatic carbocycles. The quantitative estimate of drug-likeness (QED) is 0.803. The van der Waals surface area contributed by atoms with Crippen LogP contribution in [0.1, 0.15) is 17.2 Å². The van der Waals surface area contributed by atoms with Gasteiger partial charge in [0.1, 0.15) is 6.04 Å². The van der Waals surface area contributed by atoms with Crippen LogP contribution in [0.25, 0.3) is 0 Å². The van der Waals surface area contributed by atoms with Gasteiger partial charge >= 0.3 is 18.2 Å². The summed E-state index contributed by atoms with van der Waals surface area (Å²) in [5.41, 5.74) is -1.38. The van der Waals surface area contributed by atoms with E-state index in [1.165, 1.54) is 0 Å². The highest BCUT2D eigenvalue weighted by Gasteiger charge is 2.47. The number of ether oxygens (including phenoxy) is 1. The van der Waals surface area contributed by atoms with Crippen molar-refractivity contribution >= 4 is 6.09 Å². The van der Waals surface area contributed by atoms with Gasteiger partial charge in [-0.25, -0.2) is 13.6 Å². The van der Waals surface area contributed by atoms with E-state index in [0.29, 0.717) is 6.07 Å². The molecule has 1 amide bonds. The number of hydrogen-bond donors (Lipinski definition) is 1. The van der Waals surface area contributed by atoms with Gasteiger partial charge in [0, 0.05) is 0 Å². The Morgan fingerprint density at radius 2 is 2.00 bits per heavy atom. The molecule has 1 aromatic rings. The number of alkyl carbamates (subject to hydrolysis) is 1. The molecule has 0 radical (unpaired) electrons. The van der Waals surface area contributed by atoms with E-state index in [4.69, 9.17) is 0 Å². The molecule has 0 saturated carbocycles. The number of rotatable bonds is 1. The minimum Gasteiger partial charge on any atom is -0.443 e. The van der Waals surface area contributed by atoms with E-state index in [1.807, 2.05) is 5.32 Å². The third kappa shape index (κ3) is 2.77. The van der Waals surface area contributed by atoms with Gasteiger partial charge in [-0.3, -0.25) is 0 Å². The van der Waals surface area contributed by atoms with Gasteiger partial charge in [-0.05, 0) is 17.7 Å². The van der Waals surface area contributed by atoms with E-state index in [-0.39, 0.29) is 5.56 Å². The zero-order valence-corrected chi connectivity index (χ0v) is 9.30. The first-order chi connectivity index (χ1) is 8.70. The topological polar surface area (TPSA) is 38.3 Å². The van der Waals surface area contributed by atoms with Gasteiger partial charge in [0.2, 0.25) is 0 Å². The van der Waals surface area contributed by atoms with Crippen molar-refractivity contribution < 1.29 is 31.5 Å². The first-order valence-electron chi connectivity index (χ1n) is 5.18. The minimum atomic E-state index is -4.64. The Morgan fingerprint density at radius 1 is 1.32 bits per heavy atom. The molecule has 1 aromatic carbocycles. The fraction of sp³-hybridized carbons (Fsp3) is 0.364. The Kier molecular flexibility index (Phi) is 3.11. The number of cyclic esters (lactones) is 1. The Bertz CT molecular complexity index is 500. The second-order valence-electron chi connectivity index (χ2n) is 4.04. The van der Waals surface area contributed by atoms with Crippen LogP contribution in [0.3, 0.4) is 0 Å². The van der Waals surface area contributed by atoms with Crippen LogP contribution < -0.4 is 5.32 Å². The molecule has 19 heavy (non-hydrogen) atoms. The van der Waals surface area contributed by atoms with Gasteiger partial charge in [-0.15, -0.1) is 0 Å². The lowest BCUT2D eigenvalue weighted by atomic mass is 9.98. The number of halogens is 5. The van der Waals surface area contributed by atoms with Crippen LogP contribution in [0.5, 0.6) is 0 Å². The maximum absolute atomic E-state index is 13.5. The van der Waals surface area contributed by atoms with E-state index < -0.39 is 36.4 Å². The lowest BCUT2D eigenvalue weighted by Gasteiger charge is -2.32. The SMILES string of the molecule is O=C1N[C@@H](c2cccc(C(F)(F)F)c2)C(F)(F)CO1. The normalized spacial score (nSPS) is 22.6. The third-order valence-corrected chi connectivity index (χ3v) is 2.63. The van der Waals surface area contributed by atoms with Gasteiger partial charge in [-0.1, -0.05) is 12.1 Å². The molecule has 8 heteroatoms. The number of carbonyl (C=O) groups excluding carboxylic acids is 1. The van der Waals surface area contributed by atoms with E-state index in [2.05, 4.69) is 4.74 Å². The standard InChI is InChI=1S/C11H8F5NO2/c12-10(13)5-19-9(18)17-8(10)6-2-1-3-7(4-6)11(14,15)16/h1-4,8H,5H2,(H,17,18)/t8-/m0/s1. The first kappa shape index (κ1) is 13.6. The van der Waals surface area contributed by atoms with E-state index in [1.54, 1.807) is 0 Å². The van der Waals surface area contributed by atoms with Crippen molar-refractivity contribution in [2.75, 3.05) is 6.61 Å². The molecule has 3 nitrogen and oxygen atoms in total. The minimum absolute atomic E-state index is 0.323. The zero-order chi connectivity index (χ0) is 14.3. The number of carbonyl (C=O) groups is 1. The van der Waals surface area contributed by atoms with Crippen molar-refractivity contribution in [3.05, 3.63) is 35.4 Å². The summed E-state index contributed by atoms with van der Waals surface area (Å²) in [4.78, 5) is 10.9. The van der Waals surface area contributed by atoms with Crippen molar-refractivity contribution in [1.82, 2.24) is 5.32 Å². The summed E-state index contributed by atoms with van der Waals surface area (Å²) in [6.07, 6.45) is -5.73. The fourth-order valence-electron chi connectivity index (χ4n) is 1.73. The Labute approximate surface area is 104 Å².